The Hall–Kier alpha value is -2.20. The van der Waals surface area contributed by atoms with Crippen LogP contribution in [0.1, 0.15) is 51.0 Å². The SMILES string of the molecule is CC1(C(=O)NCC2CCCCC2)CCN1Cc1ccc(-c2ccccn2)cc1. The standard InChI is InChI=1S/C24H31N3O/c1-24(23(28)26-17-19-7-3-2-4-8-19)14-16-27(24)18-20-10-12-21(13-11-20)22-9-5-6-15-25-22/h5-6,9-13,15,19H,2-4,7-8,14,16-18H2,1H3,(H,26,28). The van der Waals surface area contributed by atoms with Crippen molar-refractivity contribution in [3.63, 3.8) is 0 Å². The maximum Gasteiger partial charge on any atom is 0.240 e. The Morgan fingerprint density at radius 1 is 1.14 bits per heavy atom. The van der Waals surface area contributed by atoms with Crippen LogP contribution in [0, 0.1) is 5.92 Å². The fourth-order valence-electron chi connectivity index (χ4n) is 4.47. The minimum absolute atomic E-state index is 0.203. The molecule has 1 saturated carbocycles. The molecule has 2 fully saturated rings. The Morgan fingerprint density at radius 2 is 1.93 bits per heavy atom. The van der Waals surface area contributed by atoms with Crippen molar-refractivity contribution in [3.8, 4) is 11.3 Å². The van der Waals surface area contributed by atoms with Gasteiger partial charge in [0.1, 0.15) is 0 Å². The van der Waals surface area contributed by atoms with Crippen molar-refractivity contribution in [2.45, 2.75) is 57.5 Å². The lowest BCUT2D eigenvalue weighted by atomic mass is 9.84. The molecule has 1 aliphatic carbocycles. The van der Waals surface area contributed by atoms with Gasteiger partial charge < -0.3 is 5.32 Å². The Balaban J connectivity index is 1.33. The van der Waals surface area contributed by atoms with E-state index in [-0.39, 0.29) is 11.4 Å². The molecule has 4 nitrogen and oxygen atoms in total. The molecule has 0 radical (unpaired) electrons. The predicted octanol–water partition coefficient (Wildman–Crippen LogP) is 4.41. The summed E-state index contributed by atoms with van der Waals surface area (Å²) in [5.41, 5.74) is 2.99. The van der Waals surface area contributed by atoms with E-state index in [4.69, 9.17) is 0 Å². The minimum Gasteiger partial charge on any atom is -0.354 e. The van der Waals surface area contributed by atoms with E-state index in [0.29, 0.717) is 5.92 Å². The maximum absolute atomic E-state index is 12.9. The van der Waals surface area contributed by atoms with E-state index in [1.165, 1.54) is 37.7 Å². The van der Waals surface area contributed by atoms with Gasteiger partial charge in [-0.05, 0) is 49.8 Å². The number of aromatic nitrogens is 1. The van der Waals surface area contributed by atoms with Crippen LogP contribution in [0.4, 0.5) is 0 Å². The first-order chi connectivity index (χ1) is 13.6. The number of carbonyl (C=O) groups excluding carboxylic acids is 1. The summed E-state index contributed by atoms with van der Waals surface area (Å²) in [7, 11) is 0. The van der Waals surface area contributed by atoms with E-state index in [2.05, 4.69) is 46.4 Å². The van der Waals surface area contributed by atoms with Gasteiger partial charge >= 0.3 is 0 Å². The van der Waals surface area contributed by atoms with Gasteiger partial charge in [-0.25, -0.2) is 0 Å². The summed E-state index contributed by atoms with van der Waals surface area (Å²) in [6, 6.07) is 14.5. The summed E-state index contributed by atoms with van der Waals surface area (Å²) in [6.45, 7) is 4.74. The summed E-state index contributed by atoms with van der Waals surface area (Å²) in [6.07, 6.45) is 9.29. The second-order valence-electron chi connectivity index (χ2n) is 8.57. The van der Waals surface area contributed by atoms with Crippen LogP contribution in [0.15, 0.2) is 48.7 Å². The van der Waals surface area contributed by atoms with Crippen molar-refractivity contribution in [2.75, 3.05) is 13.1 Å². The molecule has 1 aromatic heterocycles. The van der Waals surface area contributed by atoms with Gasteiger partial charge in [0, 0.05) is 31.4 Å². The van der Waals surface area contributed by atoms with E-state index in [1.807, 2.05) is 24.4 Å². The van der Waals surface area contributed by atoms with Crippen LogP contribution in [-0.4, -0.2) is 34.4 Å². The van der Waals surface area contributed by atoms with Crippen LogP contribution in [0.3, 0.4) is 0 Å². The molecular weight excluding hydrogens is 346 g/mol. The Bertz CT molecular complexity index is 783. The van der Waals surface area contributed by atoms with Crippen molar-refractivity contribution in [2.24, 2.45) is 5.92 Å². The summed E-state index contributed by atoms with van der Waals surface area (Å²) < 4.78 is 0. The molecule has 2 heterocycles. The smallest absolute Gasteiger partial charge is 0.240 e. The van der Waals surface area contributed by atoms with Gasteiger partial charge in [0.15, 0.2) is 0 Å². The second kappa shape index (κ2) is 8.44. The number of amides is 1. The third-order valence-electron chi connectivity index (χ3n) is 6.62. The normalized spacial score (nSPS) is 23.2. The van der Waals surface area contributed by atoms with Gasteiger partial charge in [-0.2, -0.15) is 0 Å². The average molecular weight is 378 g/mol. The zero-order chi connectivity index (χ0) is 19.4. The molecule has 0 spiro atoms. The average Bonchev–Trinajstić information content (AvgIpc) is 2.76. The van der Waals surface area contributed by atoms with Gasteiger partial charge in [-0.3, -0.25) is 14.7 Å². The number of benzene rings is 1. The summed E-state index contributed by atoms with van der Waals surface area (Å²) in [5.74, 6) is 0.878. The van der Waals surface area contributed by atoms with Crippen LogP contribution >= 0.6 is 0 Å². The molecule has 1 unspecified atom stereocenters. The Morgan fingerprint density at radius 3 is 2.57 bits per heavy atom. The Kier molecular flexibility index (Phi) is 5.77. The van der Waals surface area contributed by atoms with Crippen LogP contribution in [0.5, 0.6) is 0 Å². The molecule has 148 valence electrons. The lowest BCUT2D eigenvalue weighted by Gasteiger charge is -2.49. The number of hydrogen-bond acceptors (Lipinski definition) is 3. The van der Waals surface area contributed by atoms with Gasteiger partial charge in [0.25, 0.3) is 0 Å². The van der Waals surface area contributed by atoms with Crippen molar-refractivity contribution >= 4 is 5.91 Å². The first kappa shape index (κ1) is 19.1. The lowest BCUT2D eigenvalue weighted by Crippen LogP contribution is -2.65. The van der Waals surface area contributed by atoms with Crippen molar-refractivity contribution < 1.29 is 4.79 Å². The van der Waals surface area contributed by atoms with Crippen LogP contribution < -0.4 is 5.32 Å². The number of nitrogens with zero attached hydrogens (tertiary/aromatic N) is 2. The monoisotopic (exact) mass is 377 g/mol. The molecule has 1 saturated heterocycles. The number of nitrogens with one attached hydrogen (secondary N) is 1. The van der Waals surface area contributed by atoms with E-state index >= 15 is 0 Å². The number of carbonyl (C=O) groups is 1. The highest BCUT2D eigenvalue weighted by Gasteiger charge is 2.46. The quantitative estimate of drug-likeness (QED) is 0.811. The van der Waals surface area contributed by atoms with Gasteiger partial charge in [-0.15, -0.1) is 0 Å². The largest absolute Gasteiger partial charge is 0.354 e. The van der Waals surface area contributed by atoms with Gasteiger partial charge in [0.05, 0.1) is 11.2 Å². The third kappa shape index (κ3) is 4.12. The maximum atomic E-state index is 12.9. The summed E-state index contributed by atoms with van der Waals surface area (Å²) in [4.78, 5) is 19.6. The third-order valence-corrected chi connectivity index (χ3v) is 6.62. The van der Waals surface area contributed by atoms with Gasteiger partial charge in [-0.1, -0.05) is 49.6 Å². The molecular formula is C24H31N3O. The molecule has 1 aromatic carbocycles. The molecule has 1 amide bonds. The minimum atomic E-state index is -0.367. The highest BCUT2D eigenvalue weighted by atomic mass is 16.2. The van der Waals surface area contributed by atoms with Crippen LogP contribution in [0.2, 0.25) is 0 Å². The van der Waals surface area contributed by atoms with E-state index in [1.54, 1.807) is 0 Å². The molecule has 1 N–H and O–H groups in total. The Labute approximate surface area is 168 Å². The predicted molar refractivity (Wildman–Crippen MR) is 113 cm³/mol. The number of hydrogen-bond donors (Lipinski definition) is 1. The fraction of sp³-hybridized carbons (Fsp3) is 0.500. The molecule has 1 aliphatic heterocycles. The number of likely N-dealkylation sites (tertiary alicyclic amines) is 1. The molecule has 1 atom stereocenters. The van der Waals surface area contributed by atoms with Crippen molar-refractivity contribution in [3.05, 3.63) is 54.2 Å². The highest BCUT2D eigenvalue weighted by Crippen LogP contribution is 2.33. The van der Waals surface area contributed by atoms with E-state index in [0.717, 1.165) is 37.3 Å². The topological polar surface area (TPSA) is 45.2 Å². The number of pyridine rings is 1. The van der Waals surface area contributed by atoms with Crippen LogP contribution in [-0.2, 0) is 11.3 Å². The zero-order valence-corrected chi connectivity index (χ0v) is 16.9. The number of rotatable bonds is 6. The fourth-order valence-corrected chi connectivity index (χ4v) is 4.47. The molecule has 4 heteroatoms. The molecule has 0 bridgehead atoms. The molecule has 2 aromatic rings. The molecule has 4 rings (SSSR count). The molecule has 2 aliphatic rings. The van der Waals surface area contributed by atoms with Crippen molar-refractivity contribution in [1.82, 2.24) is 15.2 Å². The first-order valence-corrected chi connectivity index (χ1v) is 10.7. The van der Waals surface area contributed by atoms with E-state index < -0.39 is 0 Å². The molecule has 28 heavy (non-hydrogen) atoms. The first-order valence-electron chi connectivity index (χ1n) is 10.7. The van der Waals surface area contributed by atoms with Gasteiger partial charge in [0.2, 0.25) is 5.91 Å². The van der Waals surface area contributed by atoms with Crippen molar-refractivity contribution in [1.29, 1.82) is 0 Å². The zero-order valence-electron chi connectivity index (χ0n) is 16.9. The van der Waals surface area contributed by atoms with E-state index in [9.17, 15) is 4.79 Å². The van der Waals surface area contributed by atoms with Crippen LogP contribution in [0.25, 0.3) is 11.3 Å². The lowest BCUT2D eigenvalue weighted by molar-refractivity contribution is -0.142. The summed E-state index contributed by atoms with van der Waals surface area (Å²) >= 11 is 0. The second-order valence-corrected chi connectivity index (χ2v) is 8.57. The highest BCUT2D eigenvalue weighted by molar-refractivity contribution is 5.86. The summed E-state index contributed by atoms with van der Waals surface area (Å²) in [5, 5.41) is 3.25.